The minimum atomic E-state index is 0.643. The van der Waals surface area contributed by atoms with Gasteiger partial charge in [0.25, 0.3) is 0 Å². The van der Waals surface area contributed by atoms with E-state index in [2.05, 4.69) is 58.5 Å². The van der Waals surface area contributed by atoms with E-state index >= 15 is 0 Å². The SMILES string of the molecule is CNc1cc(C)nc(NCc2cc(C)cc3c(C)c(C)[nH]c23)n1. The molecule has 23 heavy (non-hydrogen) atoms. The van der Waals surface area contributed by atoms with Gasteiger partial charge in [0.2, 0.25) is 5.95 Å². The van der Waals surface area contributed by atoms with Gasteiger partial charge >= 0.3 is 0 Å². The Kier molecular flexibility index (Phi) is 3.94. The molecule has 0 unspecified atom stereocenters. The van der Waals surface area contributed by atoms with E-state index in [1.165, 1.54) is 33.3 Å². The number of hydrogen-bond acceptors (Lipinski definition) is 4. The van der Waals surface area contributed by atoms with Gasteiger partial charge in [-0.15, -0.1) is 0 Å². The zero-order chi connectivity index (χ0) is 16.6. The maximum absolute atomic E-state index is 4.45. The van der Waals surface area contributed by atoms with Gasteiger partial charge in [0.1, 0.15) is 5.82 Å². The smallest absolute Gasteiger partial charge is 0.225 e. The highest BCUT2D eigenvalue weighted by molar-refractivity contribution is 5.88. The lowest BCUT2D eigenvalue weighted by Gasteiger charge is -2.10. The minimum absolute atomic E-state index is 0.643. The number of hydrogen-bond donors (Lipinski definition) is 3. The Bertz CT molecular complexity index is 863. The van der Waals surface area contributed by atoms with Crippen molar-refractivity contribution in [3.63, 3.8) is 0 Å². The van der Waals surface area contributed by atoms with Gasteiger partial charge in [-0.2, -0.15) is 4.98 Å². The predicted octanol–water partition coefficient (Wildman–Crippen LogP) is 3.85. The summed E-state index contributed by atoms with van der Waals surface area (Å²) in [6.07, 6.45) is 0. The van der Waals surface area contributed by atoms with E-state index in [0.717, 1.165) is 11.5 Å². The number of aromatic amines is 1. The first kappa shape index (κ1) is 15.3. The lowest BCUT2D eigenvalue weighted by molar-refractivity contribution is 1.03. The number of H-pyrrole nitrogens is 1. The molecular weight excluding hydrogens is 286 g/mol. The van der Waals surface area contributed by atoms with Crippen molar-refractivity contribution < 1.29 is 0 Å². The van der Waals surface area contributed by atoms with Crippen LogP contribution < -0.4 is 10.6 Å². The molecule has 3 aromatic rings. The van der Waals surface area contributed by atoms with E-state index in [-0.39, 0.29) is 0 Å². The van der Waals surface area contributed by atoms with Gasteiger partial charge in [-0.25, -0.2) is 4.98 Å². The van der Waals surface area contributed by atoms with Crippen LogP contribution in [0.4, 0.5) is 11.8 Å². The quantitative estimate of drug-likeness (QED) is 0.685. The van der Waals surface area contributed by atoms with Crippen LogP contribution >= 0.6 is 0 Å². The van der Waals surface area contributed by atoms with Gasteiger partial charge in [0, 0.05) is 36.4 Å². The summed E-state index contributed by atoms with van der Waals surface area (Å²) in [6, 6.07) is 6.37. The van der Waals surface area contributed by atoms with Crippen LogP contribution in [0.1, 0.15) is 28.1 Å². The number of benzene rings is 1. The molecule has 0 spiro atoms. The minimum Gasteiger partial charge on any atom is -0.373 e. The molecule has 5 heteroatoms. The third kappa shape index (κ3) is 2.99. The fourth-order valence-electron chi connectivity index (χ4n) is 2.88. The third-order valence-corrected chi connectivity index (χ3v) is 4.19. The fraction of sp³-hybridized carbons (Fsp3) is 0.333. The van der Waals surface area contributed by atoms with Gasteiger partial charge in [0.15, 0.2) is 0 Å². The number of anilines is 2. The first-order valence-electron chi connectivity index (χ1n) is 7.83. The van der Waals surface area contributed by atoms with Gasteiger partial charge in [-0.3, -0.25) is 0 Å². The normalized spacial score (nSPS) is 11.0. The van der Waals surface area contributed by atoms with Crippen LogP contribution in [0.5, 0.6) is 0 Å². The van der Waals surface area contributed by atoms with Gasteiger partial charge in [-0.05, 0) is 44.9 Å². The number of aryl methyl sites for hydroxylation is 4. The Labute approximate surface area is 136 Å². The number of aromatic nitrogens is 3. The van der Waals surface area contributed by atoms with Crippen LogP contribution in [-0.2, 0) is 6.54 Å². The average molecular weight is 309 g/mol. The number of fused-ring (bicyclic) bond motifs is 1. The number of nitrogens with one attached hydrogen (secondary N) is 3. The Morgan fingerprint density at radius 3 is 2.57 bits per heavy atom. The lowest BCUT2D eigenvalue weighted by atomic mass is 10.0. The number of rotatable bonds is 4. The summed E-state index contributed by atoms with van der Waals surface area (Å²) in [5, 5.41) is 7.69. The highest BCUT2D eigenvalue weighted by atomic mass is 15.1. The van der Waals surface area contributed by atoms with Crippen LogP contribution in [0.3, 0.4) is 0 Å². The topological polar surface area (TPSA) is 65.6 Å². The van der Waals surface area contributed by atoms with E-state index < -0.39 is 0 Å². The highest BCUT2D eigenvalue weighted by Gasteiger charge is 2.10. The third-order valence-electron chi connectivity index (χ3n) is 4.19. The standard InChI is InChI=1S/C18H23N5/c1-10-6-14(17-15(7-10)12(3)13(4)22-17)9-20-18-21-11(2)8-16(19-5)23-18/h6-8,22H,9H2,1-5H3,(H2,19,20,21,23). The van der Waals surface area contributed by atoms with Crippen molar-refractivity contribution in [1.82, 2.24) is 15.0 Å². The van der Waals surface area contributed by atoms with Crippen LogP contribution in [-0.4, -0.2) is 22.0 Å². The Balaban J connectivity index is 1.93. The van der Waals surface area contributed by atoms with Gasteiger partial charge < -0.3 is 15.6 Å². The first-order chi connectivity index (χ1) is 11.0. The molecule has 1 aromatic carbocycles. The second-order valence-corrected chi connectivity index (χ2v) is 6.04. The molecule has 0 amide bonds. The van der Waals surface area contributed by atoms with Crippen molar-refractivity contribution in [2.75, 3.05) is 17.7 Å². The molecule has 3 N–H and O–H groups in total. The summed E-state index contributed by atoms with van der Waals surface area (Å²) in [5.41, 5.74) is 7.16. The second kappa shape index (κ2) is 5.91. The fourth-order valence-corrected chi connectivity index (χ4v) is 2.88. The molecule has 5 nitrogen and oxygen atoms in total. The molecule has 0 aliphatic rings. The predicted molar refractivity (Wildman–Crippen MR) is 96.2 cm³/mol. The second-order valence-electron chi connectivity index (χ2n) is 6.04. The molecule has 0 saturated carbocycles. The van der Waals surface area contributed by atoms with E-state index in [4.69, 9.17) is 0 Å². The van der Waals surface area contributed by atoms with Gasteiger partial charge in [-0.1, -0.05) is 11.6 Å². The molecular formula is C18H23N5. The maximum Gasteiger partial charge on any atom is 0.225 e. The van der Waals surface area contributed by atoms with E-state index in [0.29, 0.717) is 12.5 Å². The maximum atomic E-state index is 4.45. The molecule has 0 atom stereocenters. The molecule has 0 bridgehead atoms. The summed E-state index contributed by atoms with van der Waals surface area (Å²) in [5.74, 6) is 1.46. The zero-order valence-corrected chi connectivity index (χ0v) is 14.3. The van der Waals surface area contributed by atoms with E-state index in [9.17, 15) is 0 Å². The monoisotopic (exact) mass is 309 g/mol. The van der Waals surface area contributed by atoms with Crippen LogP contribution in [0.15, 0.2) is 18.2 Å². The molecule has 0 saturated heterocycles. The Hall–Kier alpha value is -2.56. The van der Waals surface area contributed by atoms with Crippen LogP contribution in [0, 0.1) is 27.7 Å². The van der Waals surface area contributed by atoms with Gasteiger partial charge in [0.05, 0.1) is 5.52 Å². The molecule has 0 radical (unpaired) electrons. The largest absolute Gasteiger partial charge is 0.373 e. The lowest BCUT2D eigenvalue weighted by Crippen LogP contribution is -2.07. The van der Waals surface area contributed by atoms with Crippen LogP contribution in [0.25, 0.3) is 10.9 Å². The van der Waals surface area contributed by atoms with E-state index in [1.54, 1.807) is 0 Å². The summed E-state index contributed by atoms with van der Waals surface area (Å²) < 4.78 is 0. The molecule has 2 heterocycles. The molecule has 0 aliphatic carbocycles. The summed E-state index contributed by atoms with van der Waals surface area (Å²) >= 11 is 0. The van der Waals surface area contributed by atoms with Crippen molar-refractivity contribution in [1.29, 1.82) is 0 Å². The van der Waals surface area contributed by atoms with Crippen molar-refractivity contribution in [3.05, 3.63) is 46.3 Å². The number of nitrogens with zero attached hydrogens (tertiary/aromatic N) is 2. The van der Waals surface area contributed by atoms with Crippen molar-refractivity contribution in [2.24, 2.45) is 0 Å². The summed E-state index contributed by atoms with van der Waals surface area (Å²) in [4.78, 5) is 12.4. The highest BCUT2D eigenvalue weighted by Crippen LogP contribution is 2.26. The van der Waals surface area contributed by atoms with E-state index in [1.807, 2.05) is 20.0 Å². The van der Waals surface area contributed by atoms with Crippen LogP contribution in [0.2, 0.25) is 0 Å². The summed E-state index contributed by atoms with van der Waals surface area (Å²) in [6.45, 7) is 9.06. The first-order valence-corrected chi connectivity index (χ1v) is 7.83. The van der Waals surface area contributed by atoms with Crippen molar-refractivity contribution in [2.45, 2.75) is 34.2 Å². The Morgan fingerprint density at radius 2 is 1.83 bits per heavy atom. The Morgan fingerprint density at radius 1 is 1.04 bits per heavy atom. The average Bonchev–Trinajstić information content (AvgIpc) is 2.80. The molecule has 3 rings (SSSR count). The molecule has 0 aliphatic heterocycles. The van der Waals surface area contributed by atoms with Crippen molar-refractivity contribution in [3.8, 4) is 0 Å². The summed E-state index contributed by atoms with van der Waals surface area (Å²) in [7, 11) is 1.86. The molecule has 120 valence electrons. The molecule has 0 fully saturated rings. The molecule has 2 aromatic heterocycles. The van der Waals surface area contributed by atoms with Crippen molar-refractivity contribution >= 4 is 22.7 Å². The zero-order valence-electron chi connectivity index (χ0n) is 14.3.